The van der Waals surface area contributed by atoms with Gasteiger partial charge in [-0.1, -0.05) is 141 Å². The van der Waals surface area contributed by atoms with Crippen molar-refractivity contribution in [3.05, 3.63) is 180 Å². The molecule has 5 nitrogen and oxygen atoms in total. The van der Waals surface area contributed by atoms with Crippen molar-refractivity contribution >= 4 is 27.6 Å². The van der Waals surface area contributed by atoms with Gasteiger partial charge in [0.1, 0.15) is 11.2 Å². The minimum Gasteiger partial charge on any atom is -0.456 e. The lowest BCUT2D eigenvalue weighted by Gasteiger charge is -2.21. The summed E-state index contributed by atoms with van der Waals surface area (Å²) < 4.78 is 6.50. The van der Waals surface area contributed by atoms with Crippen molar-refractivity contribution in [3.63, 3.8) is 0 Å². The van der Waals surface area contributed by atoms with Gasteiger partial charge in [-0.25, -0.2) is 19.8 Å². The van der Waals surface area contributed by atoms with E-state index in [2.05, 4.69) is 116 Å². The molecule has 5 heteroatoms. The molecule has 10 rings (SSSR count). The SMILES string of the molecule is [C-]#[N+]c1ccc(-c2cccc(-c3nc(-c4ccc5c(c4)-c4ccccc4C5(C)C)nc(-c4ccc5c(c4)oc4cccc(-c6ccccc6)c45)n3)c2)cc1. The van der Waals surface area contributed by atoms with E-state index in [9.17, 15) is 0 Å². The Hall–Kier alpha value is -7.16. The van der Waals surface area contributed by atoms with Crippen LogP contribution in [-0.4, -0.2) is 15.0 Å². The van der Waals surface area contributed by atoms with Crippen LogP contribution in [0.5, 0.6) is 0 Å². The third-order valence-electron chi connectivity index (χ3n) is 10.8. The Bertz CT molecular complexity index is 2970. The first-order chi connectivity index (χ1) is 26.4. The first-order valence-corrected chi connectivity index (χ1v) is 18.0. The molecule has 0 spiro atoms. The monoisotopic (exact) mass is 692 g/mol. The van der Waals surface area contributed by atoms with Gasteiger partial charge in [-0.2, -0.15) is 0 Å². The molecule has 0 saturated heterocycles. The normalized spacial score (nSPS) is 12.8. The van der Waals surface area contributed by atoms with Crippen LogP contribution >= 0.6 is 0 Å². The first kappa shape index (κ1) is 31.6. The van der Waals surface area contributed by atoms with E-state index in [1.54, 1.807) is 0 Å². The van der Waals surface area contributed by atoms with E-state index >= 15 is 0 Å². The molecular weight excluding hydrogens is 661 g/mol. The lowest BCUT2D eigenvalue weighted by molar-refractivity contribution is 0.660. The Balaban J connectivity index is 1.14. The summed E-state index contributed by atoms with van der Waals surface area (Å²) in [7, 11) is 0. The molecule has 1 aliphatic rings. The summed E-state index contributed by atoms with van der Waals surface area (Å²) in [5, 5.41) is 2.13. The van der Waals surface area contributed by atoms with E-state index < -0.39 is 0 Å². The maximum absolute atomic E-state index is 7.36. The fraction of sp³-hybridized carbons (Fsp3) is 0.0612. The van der Waals surface area contributed by atoms with Gasteiger partial charge in [-0.3, -0.25) is 0 Å². The van der Waals surface area contributed by atoms with Crippen molar-refractivity contribution in [1.29, 1.82) is 0 Å². The zero-order chi connectivity index (χ0) is 36.4. The molecule has 54 heavy (non-hydrogen) atoms. The van der Waals surface area contributed by atoms with Crippen LogP contribution in [0.15, 0.2) is 162 Å². The van der Waals surface area contributed by atoms with Gasteiger partial charge in [-0.05, 0) is 74.8 Å². The molecule has 9 aromatic rings. The van der Waals surface area contributed by atoms with Gasteiger partial charge in [0, 0.05) is 32.9 Å². The molecule has 0 saturated carbocycles. The van der Waals surface area contributed by atoms with Crippen molar-refractivity contribution in [3.8, 4) is 67.5 Å². The number of rotatable bonds is 5. The zero-order valence-corrected chi connectivity index (χ0v) is 29.7. The van der Waals surface area contributed by atoms with Crippen molar-refractivity contribution < 1.29 is 4.42 Å². The summed E-state index contributed by atoms with van der Waals surface area (Å²) >= 11 is 0. The van der Waals surface area contributed by atoms with Crippen molar-refractivity contribution in [2.45, 2.75) is 19.3 Å². The van der Waals surface area contributed by atoms with Gasteiger partial charge in [0.05, 0.1) is 6.57 Å². The van der Waals surface area contributed by atoms with E-state index in [0.717, 1.165) is 60.9 Å². The molecule has 0 aliphatic heterocycles. The summed E-state index contributed by atoms with van der Waals surface area (Å²) in [4.78, 5) is 19.0. The van der Waals surface area contributed by atoms with Gasteiger partial charge in [0.15, 0.2) is 23.2 Å². The predicted molar refractivity (Wildman–Crippen MR) is 218 cm³/mol. The summed E-state index contributed by atoms with van der Waals surface area (Å²) in [6.07, 6.45) is 0. The van der Waals surface area contributed by atoms with Crippen LogP contribution in [-0.2, 0) is 5.41 Å². The fourth-order valence-corrected chi connectivity index (χ4v) is 8.01. The Morgan fingerprint density at radius 1 is 0.463 bits per heavy atom. The Morgan fingerprint density at radius 3 is 1.83 bits per heavy atom. The van der Waals surface area contributed by atoms with Crippen molar-refractivity contribution in [2.24, 2.45) is 0 Å². The number of benzene rings is 7. The highest BCUT2D eigenvalue weighted by atomic mass is 16.3. The van der Waals surface area contributed by atoms with Crippen LogP contribution in [0.3, 0.4) is 0 Å². The summed E-state index contributed by atoms with van der Waals surface area (Å²) in [6.45, 7) is 11.9. The molecule has 7 aromatic carbocycles. The fourth-order valence-electron chi connectivity index (χ4n) is 8.01. The van der Waals surface area contributed by atoms with E-state index in [4.69, 9.17) is 25.9 Å². The molecule has 0 radical (unpaired) electrons. The van der Waals surface area contributed by atoms with Gasteiger partial charge >= 0.3 is 0 Å². The Labute approximate surface area is 313 Å². The number of furan rings is 1. The molecule has 2 heterocycles. The summed E-state index contributed by atoms with van der Waals surface area (Å²) in [5.74, 6) is 1.74. The van der Waals surface area contributed by atoms with Gasteiger partial charge in [0.2, 0.25) is 0 Å². The van der Waals surface area contributed by atoms with E-state index in [1.807, 2.05) is 60.7 Å². The molecule has 0 N–H and O–H groups in total. The third-order valence-corrected chi connectivity index (χ3v) is 10.8. The number of hydrogen-bond donors (Lipinski definition) is 0. The second-order valence-corrected chi connectivity index (χ2v) is 14.3. The van der Waals surface area contributed by atoms with Crippen LogP contribution in [0.2, 0.25) is 0 Å². The van der Waals surface area contributed by atoms with Crippen LogP contribution in [0, 0.1) is 6.57 Å². The Morgan fingerprint density at radius 2 is 1.06 bits per heavy atom. The topological polar surface area (TPSA) is 56.2 Å². The van der Waals surface area contributed by atoms with Crippen molar-refractivity contribution in [2.75, 3.05) is 0 Å². The standard InChI is InChI=1S/C49H32N4O/c1-49(2)41-17-8-7-15-38(41)40-28-34(22-26-42(40)49)47-51-46(33-14-9-13-32(27-33)30-19-23-36(50-3)24-20-30)52-48(53-47)35-21-25-39-44(29-35)54-43-18-10-16-37(45(39)43)31-11-5-4-6-12-31/h4-29H,1-2H3. The molecule has 1 aliphatic carbocycles. The maximum Gasteiger partial charge on any atom is 0.187 e. The van der Waals surface area contributed by atoms with Crippen molar-refractivity contribution in [1.82, 2.24) is 15.0 Å². The van der Waals surface area contributed by atoms with Crippen LogP contribution in [0.4, 0.5) is 5.69 Å². The van der Waals surface area contributed by atoms with Crippen LogP contribution < -0.4 is 0 Å². The average Bonchev–Trinajstić information content (AvgIpc) is 3.72. The molecule has 2 aromatic heterocycles. The molecule has 0 unspecified atom stereocenters. The molecule has 0 bridgehead atoms. The highest BCUT2D eigenvalue weighted by molar-refractivity contribution is 6.13. The highest BCUT2D eigenvalue weighted by Crippen LogP contribution is 2.49. The largest absolute Gasteiger partial charge is 0.456 e. The lowest BCUT2D eigenvalue weighted by Crippen LogP contribution is -2.14. The predicted octanol–water partition coefficient (Wildman–Crippen LogP) is 13.0. The minimum atomic E-state index is -0.102. The van der Waals surface area contributed by atoms with Crippen LogP contribution in [0.1, 0.15) is 25.0 Å². The van der Waals surface area contributed by atoms with Gasteiger partial charge < -0.3 is 4.42 Å². The minimum absolute atomic E-state index is 0.102. The number of fused-ring (bicyclic) bond motifs is 6. The van der Waals surface area contributed by atoms with Gasteiger partial charge in [0.25, 0.3) is 0 Å². The summed E-state index contributed by atoms with van der Waals surface area (Å²) in [6, 6.07) is 54.0. The number of hydrogen-bond acceptors (Lipinski definition) is 4. The second-order valence-electron chi connectivity index (χ2n) is 14.3. The molecule has 0 amide bonds. The van der Waals surface area contributed by atoms with Gasteiger partial charge in [-0.15, -0.1) is 0 Å². The summed E-state index contributed by atoms with van der Waals surface area (Å²) in [5.41, 5.74) is 14.1. The third kappa shape index (κ3) is 5.11. The number of aromatic nitrogens is 3. The average molecular weight is 693 g/mol. The van der Waals surface area contributed by atoms with E-state index in [-0.39, 0.29) is 5.41 Å². The maximum atomic E-state index is 7.36. The smallest absolute Gasteiger partial charge is 0.187 e. The number of nitrogens with zero attached hydrogens (tertiary/aromatic N) is 4. The highest BCUT2D eigenvalue weighted by Gasteiger charge is 2.35. The molecule has 0 atom stereocenters. The molecule has 0 fully saturated rings. The van der Waals surface area contributed by atoms with Crippen LogP contribution in [0.25, 0.3) is 94.3 Å². The zero-order valence-electron chi connectivity index (χ0n) is 29.7. The van der Waals surface area contributed by atoms with E-state index in [1.165, 1.54) is 22.3 Å². The Kier molecular flexibility index (Phi) is 7.14. The molecular formula is C49H32N4O. The molecule has 254 valence electrons. The van der Waals surface area contributed by atoms with E-state index in [0.29, 0.717) is 23.2 Å². The quantitative estimate of drug-likeness (QED) is 0.169. The first-order valence-electron chi connectivity index (χ1n) is 18.0. The second kappa shape index (κ2) is 12.2. The lowest BCUT2D eigenvalue weighted by atomic mass is 9.82.